The second-order valence-electron chi connectivity index (χ2n) is 8.85. The predicted octanol–water partition coefficient (Wildman–Crippen LogP) is 6.41. The highest BCUT2D eigenvalue weighted by Gasteiger charge is 2.16. The Morgan fingerprint density at radius 3 is 2.19 bits per heavy atom. The fourth-order valence-corrected chi connectivity index (χ4v) is 4.95. The lowest BCUT2D eigenvalue weighted by atomic mass is 10.2. The van der Waals surface area contributed by atoms with Gasteiger partial charge in [-0.1, -0.05) is 17.4 Å². The van der Waals surface area contributed by atoms with Gasteiger partial charge < -0.3 is 19.3 Å². The zero-order chi connectivity index (χ0) is 30.6. The molecule has 0 saturated carbocycles. The first-order valence-corrected chi connectivity index (χ1v) is 14.9. The molecule has 0 unspecified atom stereocenters. The number of nitrogens with zero attached hydrogens (tertiary/aromatic N) is 2. The van der Waals surface area contributed by atoms with Crippen LogP contribution >= 0.6 is 11.3 Å². The standard InChI is InChI=1S/C29H20FN3O8S2/c1-43(37,38)25-7-5-20(6-8-25)39-22-10-18(11-23(13-22)40-24-12-19(30)14-31-15-24)27(34)33-29-32-16-26(42-29)41-21-4-2-3-17(9-21)28(35)36/h2-16H,1H3,(H,35,36)(H,32,33,34). The van der Waals surface area contributed by atoms with Crippen LogP contribution in [0.2, 0.25) is 0 Å². The quantitative estimate of drug-likeness (QED) is 0.179. The molecular formula is C29H20FN3O8S2. The summed E-state index contributed by atoms with van der Waals surface area (Å²) in [7, 11) is -3.41. The molecule has 218 valence electrons. The van der Waals surface area contributed by atoms with E-state index >= 15 is 0 Å². The van der Waals surface area contributed by atoms with E-state index in [4.69, 9.17) is 14.2 Å². The number of carbonyl (C=O) groups excluding carboxylic acids is 1. The first-order valence-electron chi connectivity index (χ1n) is 12.2. The molecular weight excluding hydrogens is 601 g/mol. The molecule has 0 bridgehead atoms. The van der Waals surface area contributed by atoms with Gasteiger partial charge in [0.1, 0.15) is 34.6 Å². The monoisotopic (exact) mass is 621 g/mol. The summed E-state index contributed by atoms with van der Waals surface area (Å²) in [6.07, 6.45) is 4.77. The number of rotatable bonds is 10. The van der Waals surface area contributed by atoms with E-state index in [1.807, 2.05) is 0 Å². The Bertz CT molecular complexity index is 1930. The number of pyridine rings is 1. The molecule has 2 aromatic heterocycles. The molecule has 5 rings (SSSR count). The Morgan fingerprint density at radius 1 is 0.814 bits per heavy atom. The van der Waals surface area contributed by atoms with Crippen LogP contribution in [0.15, 0.2) is 96.3 Å². The number of amides is 1. The highest BCUT2D eigenvalue weighted by Crippen LogP contribution is 2.33. The Balaban J connectivity index is 1.37. The van der Waals surface area contributed by atoms with E-state index in [-0.39, 0.29) is 49.9 Å². The third kappa shape index (κ3) is 7.69. The minimum absolute atomic E-state index is 0.0519. The molecule has 2 N–H and O–H groups in total. The number of carboxylic acid groups (broad SMARTS) is 1. The number of nitrogens with one attached hydrogen (secondary N) is 1. The number of sulfone groups is 1. The largest absolute Gasteiger partial charge is 0.478 e. The maximum atomic E-state index is 13.7. The Morgan fingerprint density at radius 2 is 1.51 bits per heavy atom. The van der Waals surface area contributed by atoms with E-state index in [0.29, 0.717) is 5.06 Å². The van der Waals surface area contributed by atoms with E-state index in [1.165, 1.54) is 73.1 Å². The van der Waals surface area contributed by atoms with Crippen molar-refractivity contribution < 1.29 is 41.7 Å². The van der Waals surface area contributed by atoms with Crippen LogP contribution in [0.4, 0.5) is 9.52 Å². The zero-order valence-corrected chi connectivity index (χ0v) is 23.7. The smallest absolute Gasteiger partial charge is 0.335 e. The van der Waals surface area contributed by atoms with Crippen molar-refractivity contribution in [3.63, 3.8) is 0 Å². The van der Waals surface area contributed by atoms with Gasteiger partial charge in [-0.3, -0.25) is 15.1 Å². The van der Waals surface area contributed by atoms with Crippen molar-refractivity contribution in [2.24, 2.45) is 0 Å². The molecule has 11 nitrogen and oxygen atoms in total. The number of aromatic carboxylic acids is 1. The van der Waals surface area contributed by atoms with Gasteiger partial charge in [0.25, 0.3) is 5.91 Å². The molecule has 0 fully saturated rings. The van der Waals surface area contributed by atoms with E-state index in [2.05, 4.69) is 15.3 Å². The van der Waals surface area contributed by atoms with Gasteiger partial charge in [0.15, 0.2) is 15.0 Å². The number of carbonyl (C=O) groups is 2. The second-order valence-corrected chi connectivity index (χ2v) is 11.9. The zero-order valence-electron chi connectivity index (χ0n) is 22.1. The lowest BCUT2D eigenvalue weighted by Gasteiger charge is -2.12. The minimum Gasteiger partial charge on any atom is -0.478 e. The van der Waals surface area contributed by atoms with Crippen LogP contribution in [-0.4, -0.2) is 41.6 Å². The summed E-state index contributed by atoms with van der Waals surface area (Å²) in [5, 5.41) is 12.3. The highest BCUT2D eigenvalue weighted by molar-refractivity contribution is 7.90. The fourth-order valence-electron chi connectivity index (χ4n) is 3.64. The maximum Gasteiger partial charge on any atom is 0.335 e. The van der Waals surface area contributed by atoms with Crippen LogP contribution in [0.1, 0.15) is 20.7 Å². The molecule has 0 aliphatic heterocycles. The molecule has 0 atom stereocenters. The number of anilines is 1. The summed E-state index contributed by atoms with van der Waals surface area (Å²) in [4.78, 5) is 32.4. The normalized spacial score (nSPS) is 11.0. The summed E-state index contributed by atoms with van der Waals surface area (Å²) in [5.41, 5.74) is 0.146. The van der Waals surface area contributed by atoms with Crippen molar-refractivity contribution >= 4 is 38.2 Å². The number of carboxylic acids is 1. The number of thiazole rings is 1. The number of benzene rings is 3. The Kier molecular flexibility index (Phi) is 8.32. The van der Waals surface area contributed by atoms with E-state index in [9.17, 15) is 27.5 Å². The summed E-state index contributed by atoms with van der Waals surface area (Å²) >= 11 is 1.01. The average molecular weight is 622 g/mol. The van der Waals surface area contributed by atoms with Crippen molar-refractivity contribution in [2.75, 3.05) is 11.6 Å². The number of hydrogen-bond donors (Lipinski definition) is 2. The van der Waals surface area contributed by atoms with Crippen LogP contribution < -0.4 is 19.5 Å². The van der Waals surface area contributed by atoms with Crippen LogP contribution in [-0.2, 0) is 9.84 Å². The lowest BCUT2D eigenvalue weighted by Crippen LogP contribution is -2.11. The molecule has 3 aromatic carbocycles. The van der Waals surface area contributed by atoms with Gasteiger partial charge in [-0.2, -0.15) is 0 Å². The summed E-state index contributed by atoms with van der Waals surface area (Å²) < 4.78 is 54.5. The van der Waals surface area contributed by atoms with Gasteiger partial charge in [-0.15, -0.1) is 0 Å². The van der Waals surface area contributed by atoms with Gasteiger partial charge in [0, 0.05) is 24.0 Å². The molecule has 0 radical (unpaired) electrons. The van der Waals surface area contributed by atoms with E-state index < -0.39 is 27.5 Å². The Labute approximate surface area is 248 Å². The molecule has 0 aliphatic rings. The molecule has 0 spiro atoms. The van der Waals surface area contributed by atoms with Gasteiger partial charge in [-0.05, 0) is 54.6 Å². The molecule has 14 heteroatoms. The third-order valence-electron chi connectivity index (χ3n) is 5.55. The number of ether oxygens (including phenoxy) is 3. The van der Waals surface area contributed by atoms with Gasteiger partial charge in [0.2, 0.25) is 5.06 Å². The molecule has 5 aromatic rings. The third-order valence-corrected chi connectivity index (χ3v) is 7.47. The molecule has 43 heavy (non-hydrogen) atoms. The Hall–Kier alpha value is -5.34. The lowest BCUT2D eigenvalue weighted by molar-refractivity contribution is 0.0696. The van der Waals surface area contributed by atoms with Crippen molar-refractivity contribution in [1.29, 1.82) is 0 Å². The first kappa shape index (κ1) is 29.2. The van der Waals surface area contributed by atoms with Gasteiger partial charge in [-0.25, -0.2) is 22.6 Å². The first-order chi connectivity index (χ1) is 20.5. The SMILES string of the molecule is CS(=O)(=O)c1ccc(Oc2cc(Oc3cncc(F)c3)cc(C(=O)Nc3ncc(Oc4cccc(C(=O)O)c4)s3)c2)cc1. The van der Waals surface area contributed by atoms with Crippen LogP contribution in [0, 0.1) is 5.82 Å². The van der Waals surface area contributed by atoms with Crippen LogP contribution in [0.25, 0.3) is 0 Å². The molecule has 2 heterocycles. The van der Waals surface area contributed by atoms with E-state index in [0.717, 1.165) is 29.9 Å². The fraction of sp³-hybridized carbons (Fsp3) is 0.0345. The molecule has 0 saturated heterocycles. The van der Waals surface area contributed by atoms with Crippen molar-refractivity contribution in [1.82, 2.24) is 9.97 Å². The summed E-state index contributed by atoms with van der Waals surface area (Å²) in [5.74, 6) is -1.36. The second kappa shape index (κ2) is 12.3. The van der Waals surface area contributed by atoms with Crippen LogP contribution in [0.3, 0.4) is 0 Å². The van der Waals surface area contributed by atoms with Gasteiger partial charge in [0.05, 0.1) is 29.0 Å². The maximum absolute atomic E-state index is 13.7. The summed E-state index contributed by atoms with van der Waals surface area (Å²) in [6, 6.07) is 17.0. The molecule has 1 amide bonds. The van der Waals surface area contributed by atoms with Crippen molar-refractivity contribution in [3.8, 4) is 33.8 Å². The predicted molar refractivity (Wildman–Crippen MR) is 154 cm³/mol. The number of halogens is 1. The van der Waals surface area contributed by atoms with E-state index in [1.54, 1.807) is 6.07 Å². The number of aromatic nitrogens is 2. The molecule has 0 aliphatic carbocycles. The topological polar surface area (TPSA) is 154 Å². The van der Waals surface area contributed by atoms with Gasteiger partial charge >= 0.3 is 5.97 Å². The number of hydrogen-bond acceptors (Lipinski definition) is 10. The van der Waals surface area contributed by atoms with Crippen molar-refractivity contribution in [2.45, 2.75) is 4.90 Å². The minimum atomic E-state index is -3.41. The average Bonchev–Trinajstić information content (AvgIpc) is 3.39. The van der Waals surface area contributed by atoms with Crippen LogP contribution in [0.5, 0.6) is 33.8 Å². The summed E-state index contributed by atoms with van der Waals surface area (Å²) in [6.45, 7) is 0. The van der Waals surface area contributed by atoms with Crippen molar-refractivity contribution in [3.05, 3.63) is 108 Å². The highest BCUT2D eigenvalue weighted by atomic mass is 32.2.